The maximum absolute atomic E-state index is 13.1. The highest BCUT2D eigenvalue weighted by atomic mass is 19.4. The zero-order valence-electron chi connectivity index (χ0n) is 16.8. The minimum Gasteiger partial charge on any atom is -0.497 e. The van der Waals surface area contributed by atoms with Crippen molar-refractivity contribution < 1.29 is 22.6 Å². The lowest BCUT2D eigenvalue weighted by Crippen LogP contribution is -2.05. The number of benzene rings is 2. The van der Waals surface area contributed by atoms with E-state index in [0.29, 0.717) is 23.6 Å². The Hall–Kier alpha value is -3.75. The van der Waals surface area contributed by atoms with Crippen LogP contribution in [0.4, 0.5) is 19.0 Å². The largest absolute Gasteiger partial charge is 0.497 e. The molecule has 0 aliphatic heterocycles. The molecule has 31 heavy (non-hydrogen) atoms. The van der Waals surface area contributed by atoms with Gasteiger partial charge in [0.15, 0.2) is 5.65 Å². The van der Waals surface area contributed by atoms with Crippen LogP contribution < -0.4 is 14.8 Å². The number of nitrogens with zero attached hydrogens (tertiary/aromatic N) is 3. The molecule has 2 aromatic heterocycles. The number of alkyl halides is 3. The highest BCUT2D eigenvalue weighted by Crippen LogP contribution is 2.35. The standard InChI is InChI=1S/C22H19F3N4O2/c1-30-17-8-3-5-14(11-17)13-26-18-9-10-19-27-20(21(31-2)29(19)28-18)15-6-4-7-16(12-15)22(23,24)25/h3-12H,13H2,1-2H3,(H,26,28). The number of rotatable bonds is 6. The summed E-state index contributed by atoms with van der Waals surface area (Å²) in [5, 5.41) is 7.70. The van der Waals surface area contributed by atoms with Gasteiger partial charge < -0.3 is 14.8 Å². The smallest absolute Gasteiger partial charge is 0.416 e. The Morgan fingerprint density at radius 1 is 0.968 bits per heavy atom. The summed E-state index contributed by atoms with van der Waals surface area (Å²) in [5.74, 6) is 1.56. The Bertz CT molecular complexity index is 1220. The SMILES string of the molecule is COc1cccc(CNc2ccc3nc(-c4cccc(C(F)(F)F)c4)c(OC)n3n2)c1. The number of imidazole rings is 1. The number of hydrogen-bond donors (Lipinski definition) is 1. The van der Waals surface area contributed by atoms with Crippen molar-refractivity contribution in [2.45, 2.75) is 12.7 Å². The summed E-state index contributed by atoms with van der Waals surface area (Å²) < 4.78 is 51.5. The van der Waals surface area contributed by atoms with Gasteiger partial charge in [-0.3, -0.25) is 0 Å². The highest BCUT2D eigenvalue weighted by molar-refractivity contribution is 5.70. The van der Waals surface area contributed by atoms with Gasteiger partial charge in [0, 0.05) is 12.1 Å². The van der Waals surface area contributed by atoms with E-state index in [-0.39, 0.29) is 11.6 Å². The predicted molar refractivity (Wildman–Crippen MR) is 110 cm³/mol. The zero-order chi connectivity index (χ0) is 22.0. The van der Waals surface area contributed by atoms with E-state index in [4.69, 9.17) is 9.47 Å². The Morgan fingerprint density at radius 2 is 1.77 bits per heavy atom. The Kier molecular flexibility index (Phi) is 5.41. The van der Waals surface area contributed by atoms with Crippen molar-refractivity contribution >= 4 is 11.5 Å². The average Bonchev–Trinajstić information content (AvgIpc) is 3.15. The van der Waals surface area contributed by atoms with E-state index in [9.17, 15) is 13.2 Å². The highest BCUT2D eigenvalue weighted by Gasteiger charge is 2.31. The normalized spacial score (nSPS) is 11.5. The van der Waals surface area contributed by atoms with Gasteiger partial charge in [-0.1, -0.05) is 24.3 Å². The third-order valence-electron chi connectivity index (χ3n) is 4.70. The molecule has 0 saturated heterocycles. The minimum atomic E-state index is -4.45. The van der Waals surface area contributed by atoms with Crippen molar-refractivity contribution in [3.63, 3.8) is 0 Å². The molecule has 4 aromatic rings. The van der Waals surface area contributed by atoms with Crippen molar-refractivity contribution in [1.82, 2.24) is 14.6 Å². The van der Waals surface area contributed by atoms with Crippen LogP contribution in [0.2, 0.25) is 0 Å². The molecule has 2 aromatic carbocycles. The summed E-state index contributed by atoms with van der Waals surface area (Å²) >= 11 is 0. The zero-order valence-corrected chi connectivity index (χ0v) is 16.8. The molecule has 160 valence electrons. The summed E-state index contributed by atoms with van der Waals surface area (Å²) in [5.41, 5.74) is 1.28. The molecule has 1 N–H and O–H groups in total. The Morgan fingerprint density at radius 3 is 2.52 bits per heavy atom. The molecule has 0 unspecified atom stereocenters. The summed E-state index contributed by atoms with van der Waals surface area (Å²) in [4.78, 5) is 4.42. The second-order valence-electron chi connectivity index (χ2n) is 6.74. The molecule has 0 aliphatic carbocycles. The van der Waals surface area contributed by atoms with Crippen LogP contribution in [0.3, 0.4) is 0 Å². The van der Waals surface area contributed by atoms with Gasteiger partial charge in [0.1, 0.15) is 17.3 Å². The summed E-state index contributed by atoms with van der Waals surface area (Å²) in [6.45, 7) is 0.507. The van der Waals surface area contributed by atoms with Crippen LogP contribution in [-0.4, -0.2) is 28.8 Å². The number of anilines is 1. The molecule has 0 atom stereocenters. The molecule has 9 heteroatoms. The molecule has 6 nitrogen and oxygen atoms in total. The lowest BCUT2D eigenvalue weighted by molar-refractivity contribution is -0.137. The summed E-state index contributed by atoms with van der Waals surface area (Å²) in [6.07, 6.45) is -4.45. The van der Waals surface area contributed by atoms with Crippen molar-refractivity contribution in [2.75, 3.05) is 19.5 Å². The maximum atomic E-state index is 13.1. The molecule has 0 aliphatic rings. The Labute approximate surface area is 176 Å². The molecule has 2 heterocycles. The summed E-state index contributed by atoms with van der Waals surface area (Å²) in [6, 6.07) is 16.1. The quantitative estimate of drug-likeness (QED) is 0.466. The monoisotopic (exact) mass is 428 g/mol. The molecule has 0 fully saturated rings. The van der Waals surface area contributed by atoms with E-state index < -0.39 is 11.7 Å². The number of ether oxygens (including phenoxy) is 2. The lowest BCUT2D eigenvalue weighted by atomic mass is 10.1. The van der Waals surface area contributed by atoms with Gasteiger partial charge in [0.05, 0.1) is 19.8 Å². The van der Waals surface area contributed by atoms with E-state index in [1.54, 1.807) is 25.3 Å². The van der Waals surface area contributed by atoms with Gasteiger partial charge in [-0.25, -0.2) is 4.98 Å². The first-order valence-corrected chi connectivity index (χ1v) is 9.37. The number of aromatic nitrogens is 3. The van der Waals surface area contributed by atoms with Crippen LogP contribution in [0.1, 0.15) is 11.1 Å². The predicted octanol–water partition coefficient (Wildman–Crippen LogP) is 5.04. The van der Waals surface area contributed by atoms with E-state index in [2.05, 4.69) is 15.4 Å². The van der Waals surface area contributed by atoms with Crippen LogP contribution >= 0.6 is 0 Å². The van der Waals surface area contributed by atoms with Gasteiger partial charge in [-0.05, 0) is 42.0 Å². The lowest BCUT2D eigenvalue weighted by Gasteiger charge is -2.09. The number of fused-ring (bicyclic) bond motifs is 1. The number of halogens is 3. The third-order valence-corrected chi connectivity index (χ3v) is 4.70. The van der Waals surface area contributed by atoms with E-state index in [0.717, 1.165) is 23.4 Å². The second-order valence-corrected chi connectivity index (χ2v) is 6.74. The topological polar surface area (TPSA) is 60.7 Å². The van der Waals surface area contributed by atoms with Crippen LogP contribution in [0.5, 0.6) is 11.6 Å². The van der Waals surface area contributed by atoms with Crippen molar-refractivity contribution in [1.29, 1.82) is 0 Å². The number of hydrogen-bond acceptors (Lipinski definition) is 5. The van der Waals surface area contributed by atoms with Crippen LogP contribution in [0, 0.1) is 0 Å². The fourth-order valence-electron chi connectivity index (χ4n) is 3.20. The van der Waals surface area contributed by atoms with Crippen molar-refractivity contribution in [3.8, 4) is 22.9 Å². The average molecular weight is 428 g/mol. The molecule has 0 bridgehead atoms. The van der Waals surface area contributed by atoms with Gasteiger partial charge in [0.25, 0.3) is 0 Å². The fourth-order valence-corrected chi connectivity index (χ4v) is 3.20. The summed E-state index contributed by atoms with van der Waals surface area (Å²) in [7, 11) is 3.04. The molecular weight excluding hydrogens is 409 g/mol. The van der Waals surface area contributed by atoms with Gasteiger partial charge in [-0.15, -0.1) is 5.10 Å². The second kappa shape index (κ2) is 8.17. The molecule has 4 rings (SSSR count). The van der Waals surface area contributed by atoms with E-state index in [1.807, 2.05) is 24.3 Å². The van der Waals surface area contributed by atoms with Crippen LogP contribution in [0.15, 0.2) is 60.7 Å². The minimum absolute atomic E-state index is 0.249. The third kappa shape index (κ3) is 4.25. The molecule has 0 radical (unpaired) electrons. The van der Waals surface area contributed by atoms with Gasteiger partial charge in [0.2, 0.25) is 5.88 Å². The van der Waals surface area contributed by atoms with Crippen molar-refractivity contribution in [3.05, 3.63) is 71.8 Å². The first-order valence-electron chi connectivity index (χ1n) is 9.37. The molecule has 0 saturated carbocycles. The first kappa shape index (κ1) is 20.5. The number of methoxy groups -OCH3 is 2. The van der Waals surface area contributed by atoms with Crippen molar-refractivity contribution in [2.24, 2.45) is 0 Å². The fraction of sp³-hybridized carbons (Fsp3) is 0.182. The first-order chi connectivity index (χ1) is 14.9. The van der Waals surface area contributed by atoms with E-state index >= 15 is 0 Å². The molecule has 0 spiro atoms. The maximum Gasteiger partial charge on any atom is 0.416 e. The molecule has 0 amide bonds. The van der Waals surface area contributed by atoms with Crippen LogP contribution in [0.25, 0.3) is 16.9 Å². The number of nitrogens with one attached hydrogen (secondary N) is 1. The Balaban J connectivity index is 1.66. The van der Waals surface area contributed by atoms with Gasteiger partial charge >= 0.3 is 6.18 Å². The van der Waals surface area contributed by atoms with Gasteiger partial charge in [-0.2, -0.15) is 17.7 Å². The van der Waals surface area contributed by atoms with E-state index in [1.165, 1.54) is 17.7 Å². The van der Waals surface area contributed by atoms with Crippen LogP contribution in [-0.2, 0) is 12.7 Å². The molecular formula is C22H19F3N4O2.